The Kier molecular flexibility index (Phi) is 4.25. The molecule has 2 aromatic rings. The van der Waals surface area contributed by atoms with E-state index in [9.17, 15) is 9.59 Å². The Morgan fingerprint density at radius 2 is 2.14 bits per heavy atom. The number of thioether (sulfide) groups is 1. The number of rotatable bonds is 2. The van der Waals surface area contributed by atoms with E-state index in [1.54, 1.807) is 12.1 Å². The zero-order chi connectivity index (χ0) is 15.7. The molecule has 1 aliphatic heterocycles. The minimum absolute atomic E-state index is 0.0752. The number of hydrogen-bond donors (Lipinski definition) is 1. The maximum absolute atomic E-state index is 12.7. The van der Waals surface area contributed by atoms with E-state index >= 15 is 0 Å². The lowest BCUT2D eigenvalue weighted by Crippen LogP contribution is -2.44. The van der Waals surface area contributed by atoms with Gasteiger partial charge in [0.2, 0.25) is 0 Å². The molecule has 0 aliphatic carbocycles. The van der Waals surface area contributed by atoms with Crippen molar-refractivity contribution in [2.75, 3.05) is 18.8 Å². The van der Waals surface area contributed by atoms with Gasteiger partial charge in [0.1, 0.15) is 5.69 Å². The molecule has 3 rings (SSSR count). The Labute approximate surface area is 133 Å². The molecule has 2 heterocycles. The summed E-state index contributed by atoms with van der Waals surface area (Å²) in [5.74, 6) is 1.41. The number of H-pyrrole nitrogens is 1. The van der Waals surface area contributed by atoms with Gasteiger partial charge in [-0.1, -0.05) is 32.0 Å². The van der Waals surface area contributed by atoms with Crippen molar-refractivity contribution in [3.8, 4) is 0 Å². The molecule has 1 aliphatic rings. The van der Waals surface area contributed by atoms with Gasteiger partial charge in [0.05, 0.1) is 0 Å². The molecule has 22 heavy (non-hydrogen) atoms. The number of carbonyl (C=O) groups excluding carboxylic acids is 1. The van der Waals surface area contributed by atoms with Gasteiger partial charge in [-0.05, 0) is 23.4 Å². The quantitative estimate of drug-likeness (QED) is 0.927. The van der Waals surface area contributed by atoms with Gasteiger partial charge in [-0.15, -0.1) is 0 Å². The van der Waals surface area contributed by atoms with Gasteiger partial charge < -0.3 is 9.88 Å². The van der Waals surface area contributed by atoms with E-state index in [0.29, 0.717) is 22.2 Å². The standard InChI is InChI=1S/C17H20N2O2S/c1-11(2)15-10-19(7-8-22-15)17(21)14-9-12-5-3-4-6-13(12)16(20)18-14/h3-6,9,11,15H,7-8,10H2,1-2H3,(H,18,20)/t15-/m0/s1. The molecule has 1 saturated heterocycles. The number of aromatic amines is 1. The Balaban J connectivity index is 1.90. The van der Waals surface area contributed by atoms with Crippen molar-refractivity contribution in [2.45, 2.75) is 19.1 Å². The molecule has 5 heteroatoms. The second kappa shape index (κ2) is 6.16. The molecule has 1 aromatic carbocycles. The van der Waals surface area contributed by atoms with Crippen molar-refractivity contribution in [3.05, 3.63) is 46.4 Å². The molecule has 116 valence electrons. The highest BCUT2D eigenvalue weighted by atomic mass is 32.2. The average Bonchev–Trinajstić information content (AvgIpc) is 2.54. The predicted octanol–water partition coefficient (Wildman–Crippen LogP) is 2.74. The molecule has 1 amide bonds. The summed E-state index contributed by atoms with van der Waals surface area (Å²) in [6, 6.07) is 9.13. The van der Waals surface area contributed by atoms with E-state index in [1.807, 2.05) is 34.9 Å². The van der Waals surface area contributed by atoms with Gasteiger partial charge >= 0.3 is 0 Å². The summed E-state index contributed by atoms with van der Waals surface area (Å²) in [4.78, 5) is 29.4. The largest absolute Gasteiger partial charge is 0.335 e. The minimum Gasteiger partial charge on any atom is -0.335 e. The van der Waals surface area contributed by atoms with Crippen LogP contribution < -0.4 is 5.56 Å². The second-order valence-electron chi connectivity index (χ2n) is 6.00. The third-order valence-corrected chi connectivity index (χ3v) is 5.65. The van der Waals surface area contributed by atoms with Gasteiger partial charge in [0.25, 0.3) is 11.5 Å². The topological polar surface area (TPSA) is 53.2 Å². The molecule has 4 nitrogen and oxygen atoms in total. The zero-order valence-electron chi connectivity index (χ0n) is 12.8. The molecule has 1 fully saturated rings. The summed E-state index contributed by atoms with van der Waals surface area (Å²) >= 11 is 1.93. The van der Waals surface area contributed by atoms with E-state index in [2.05, 4.69) is 18.8 Å². The molecule has 0 unspecified atom stereocenters. The van der Waals surface area contributed by atoms with Crippen LogP contribution in [-0.4, -0.2) is 39.9 Å². The molecule has 1 N–H and O–H groups in total. The van der Waals surface area contributed by atoms with Crippen LogP contribution in [0.25, 0.3) is 10.8 Å². The van der Waals surface area contributed by atoms with Crippen LogP contribution in [0.3, 0.4) is 0 Å². The third-order valence-electron chi connectivity index (χ3n) is 4.11. The number of aromatic nitrogens is 1. The Hall–Kier alpha value is -1.75. The maximum Gasteiger partial charge on any atom is 0.270 e. The fourth-order valence-electron chi connectivity index (χ4n) is 2.76. The molecule has 1 atom stereocenters. The Bertz CT molecular complexity index is 754. The van der Waals surface area contributed by atoms with E-state index in [0.717, 1.165) is 24.2 Å². The lowest BCUT2D eigenvalue weighted by molar-refractivity contribution is 0.0750. The number of nitrogens with one attached hydrogen (secondary N) is 1. The van der Waals surface area contributed by atoms with Crippen molar-refractivity contribution in [3.63, 3.8) is 0 Å². The smallest absolute Gasteiger partial charge is 0.270 e. The van der Waals surface area contributed by atoms with Gasteiger partial charge in [-0.3, -0.25) is 9.59 Å². The first-order valence-electron chi connectivity index (χ1n) is 7.59. The van der Waals surface area contributed by atoms with Crippen molar-refractivity contribution in [2.24, 2.45) is 5.92 Å². The molecule has 0 bridgehead atoms. The highest BCUT2D eigenvalue weighted by molar-refractivity contribution is 8.00. The van der Waals surface area contributed by atoms with E-state index in [-0.39, 0.29) is 11.5 Å². The number of nitrogens with zero attached hydrogens (tertiary/aromatic N) is 1. The molecular weight excluding hydrogens is 296 g/mol. The van der Waals surface area contributed by atoms with Crippen LogP contribution in [0, 0.1) is 5.92 Å². The highest BCUT2D eigenvalue weighted by Crippen LogP contribution is 2.25. The molecule has 0 spiro atoms. The number of amides is 1. The number of pyridine rings is 1. The van der Waals surface area contributed by atoms with Crippen molar-refractivity contribution in [1.29, 1.82) is 0 Å². The fourth-order valence-corrected chi connectivity index (χ4v) is 4.06. The van der Waals surface area contributed by atoms with Crippen molar-refractivity contribution >= 4 is 28.4 Å². The maximum atomic E-state index is 12.7. The molecule has 1 aromatic heterocycles. The van der Waals surface area contributed by atoms with Crippen LogP contribution in [0.1, 0.15) is 24.3 Å². The fraction of sp³-hybridized carbons (Fsp3) is 0.412. The molecule has 0 radical (unpaired) electrons. The normalized spacial score (nSPS) is 18.9. The van der Waals surface area contributed by atoms with E-state index in [4.69, 9.17) is 0 Å². The highest BCUT2D eigenvalue weighted by Gasteiger charge is 2.27. The van der Waals surface area contributed by atoms with Crippen molar-refractivity contribution in [1.82, 2.24) is 9.88 Å². The van der Waals surface area contributed by atoms with Gasteiger partial charge in [-0.25, -0.2) is 0 Å². The van der Waals surface area contributed by atoms with Crippen LogP contribution in [-0.2, 0) is 0 Å². The molecule has 0 saturated carbocycles. The minimum atomic E-state index is -0.201. The molecular formula is C17H20N2O2S. The number of fused-ring (bicyclic) bond motifs is 1. The zero-order valence-corrected chi connectivity index (χ0v) is 13.7. The first-order chi connectivity index (χ1) is 10.6. The lowest BCUT2D eigenvalue weighted by atomic mass is 10.1. The van der Waals surface area contributed by atoms with Crippen molar-refractivity contribution < 1.29 is 4.79 Å². The summed E-state index contributed by atoms with van der Waals surface area (Å²) in [5.41, 5.74) is 0.186. The summed E-state index contributed by atoms with van der Waals surface area (Å²) in [5, 5.41) is 1.89. The predicted molar refractivity (Wildman–Crippen MR) is 91.6 cm³/mol. The monoisotopic (exact) mass is 316 g/mol. The summed E-state index contributed by atoms with van der Waals surface area (Å²) in [6.45, 7) is 5.85. The average molecular weight is 316 g/mol. The summed E-state index contributed by atoms with van der Waals surface area (Å²) < 4.78 is 0. The van der Waals surface area contributed by atoms with Crippen LogP contribution in [0.4, 0.5) is 0 Å². The van der Waals surface area contributed by atoms with Gasteiger partial charge in [0.15, 0.2) is 0 Å². The Morgan fingerprint density at radius 3 is 2.91 bits per heavy atom. The van der Waals surface area contributed by atoms with Crippen LogP contribution in [0.5, 0.6) is 0 Å². The second-order valence-corrected chi connectivity index (χ2v) is 7.35. The Morgan fingerprint density at radius 1 is 1.36 bits per heavy atom. The summed E-state index contributed by atoms with van der Waals surface area (Å²) in [6.07, 6.45) is 0. The van der Waals surface area contributed by atoms with Gasteiger partial charge in [-0.2, -0.15) is 11.8 Å². The number of hydrogen-bond acceptors (Lipinski definition) is 3. The summed E-state index contributed by atoms with van der Waals surface area (Å²) in [7, 11) is 0. The van der Waals surface area contributed by atoms with Crippen LogP contribution in [0.15, 0.2) is 35.1 Å². The lowest BCUT2D eigenvalue weighted by Gasteiger charge is -2.34. The first kappa shape index (κ1) is 15.2. The van der Waals surface area contributed by atoms with Crippen LogP contribution >= 0.6 is 11.8 Å². The number of carbonyl (C=O) groups is 1. The first-order valence-corrected chi connectivity index (χ1v) is 8.64. The third kappa shape index (κ3) is 2.90. The number of benzene rings is 1. The van der Waals surface area contributed by atoms with E-state index in [1.165, 1.54) is 0 Å². The van der Waals surface area contributed by atoms with E-state index < -0.39 is 0 Å². The van der Waals surface area contributed by atoms with Gasteiger partial charge in [0, 0.05) is 29.5 Å². The van der Waals surface area contributed by atoms with Crippen LogP contribution in [0.2, 0.25) is 0 Å². The SMILES string of the molecule is CC(C)[C@@H]1CN(C(=O)c2cc3ccccc3c(=O)[nH]2)CCS1.